The zero-order chi connectivity index (χ0) is 13.5. The van der Waals surface area contributed by atoms with Gasteiger partial charge in [0.15, 0.2) is 0 Å². The molecule has 1 aromatic carbocycles. The van der Waals surface area contributed by atoms with E-state index in [2.05, 4.69) is 0 Å². The number of nitrogen functional groups attached to an aromatic ring is 1. The van der Waals surface area contributed by atoms with Crippen LogP contribution in [0, 0.1) is 17.2 Å². The molecule has 4 nitrogen and oxygen atoms in total. The van der Waals surface area contributed by atoms with Gasteiger partial charge in [-0.1, -0.05) is 26.0 Å². The van der Waals surface area contributed by atoms with Gasteiger partial charge in [0.2, 0.25) is 0 Å². The molecule has 0 aromatic heterocycles. The van der Waals surface area contributed by atoms with Crippen LogP contribution < -0.4 is 5.73 Å². The molecule has 1 aromatic rings. The first-order valence-electron chi connectivity index (χ1n) is 5.67. The zero-order valence-corrected chi connectivity index (χ0v) is 10.5. The molecule has 1 rings (SSSR count). The van der Waals surface area contributed by atoms with Crippen LogP contribution in [0.2, 0.25) is 0 Å². The molecule has 0 unspecified atom stereocenters. The highest BCUT2D eigenvalue weighted by Crippen LogP contribution is 2.11. The van der Waals surface area contributed by atoms with E-state index in [9.17, 15) is 4.79 Å². The molecular weight excluding hydrogens is 228 g/mol. The van der Waals surface area contributed by atoms with Gasteiger partial charge in [0, 0.05) is 5.69 Å². The van der Waals surface area contributed by atoms with E-state index in [0.717, 1.165) is 5.56 Å². The number of benzene rings is 1. The molecule has 0 saturated heterocycles. The Labute approximate surface area is 107 Å². The average Bonchev–Trinajstić information content (AvgIpc) is 2.35. The quantitative estimate of drug-likeness (QED) is 0.382. The van der Waals surface area contributed by atoms with Crippen LogP contribution in [0.4, 0.5) is 5.69 Å². The van der Waals surface area contributed by atoms with Crippen molar-refractivity contribution in [2.24, 2.45) is 5.92 Å². The van der Waals surface area contributed by atoms with Crippen molar-refractivity contribution >= 4 is 17.7 Å². The van der Waals surface area contributed by atoms with Gasteiger partial charge in [0.1, 0.15) is 11.6 Å². The Morgan fingerprint density at radius 1 is 1.44 bits per heavy atom. The number of ether oxygens (including phenoxy) is 1. The fourth-order valence-corrected chi connectivity index (χ4v) is 1.22. The van der Waals surface area contributed by atoms with E-state index >= 15 is 0 Å². The Bertz CT molecular complexity index is 482. The van der Waals surface area contributed by atoms with Gasteiger partial charge in [-0.2, -0.15) is 5.26 Å². The standard InChI is InChI=1S/C14H16N2O2/c1-10(2)9-18-14(17)12(8-15)7-11-3-5-13(16)6-4-11/h3-7,10H,9,16H2,1-2H3/b12-7+. The van der Waals surface area contributed by atoms with Gasteiger partial charge in [0.25, 0.3) is 0 Å². The molecule has 0 aliphatic rings. The van der Waals surface area contributed by atoms with Gasteiger partial charge < -0.3 is 10.5 Å². The number of esters is 1. The number of hydrogen-bond acceptors (Lipinski definition) is 4. The molecule has 0 atom stereocenters. The lowest BCUT2D eigenvalue weighted by Crippen LogP contribution is -2.11. The summed E-state index contributed by atoms with van der Waals surface area (Å²) in [4.78, 5) is 11.6. The van der Waals surface area contributed by atoms with Crippen molar-refractivity contribution in [3.8, 4) is 6.07 Å². The number of nitrogens with zero attached hydrogens (tertiary/aromatic N) is 1. The summed E-state index contributed by atoms with van der Waals surface area (Å²) in [6.07, 6.45) is 1.49. The summed E-state index contributed by atoms with van der Waals surface area (Å²) in [5, 5.41) is 8.93. The van der Waals surface area contributed by atoms with Gasteiger partial charge in [-0.15, -0.1) is 0 Å². The maximum absolute atomic E-state index is 11.6. The number of carbonyl (C=O) groups excluding carboxylic acids is 1. The molecule has 4 heteroatoms. The third kappa shape index (κ3) is 4.30. The summed E-state index contributed by atoms with van der Waals surface area (Å²) < 4.78 is 5.00. The second-order valence-corrected chi connectivity index (χ2v) is 4.33. The third-order valence-electron chi connectivity index (χ3n) is 2.14. The molecule has 0 aliphatic carbocycles. The molecule has 0 radical (unpaired) electrons. The largest absolute Gasteiger partial charge is 0.461 e. The first-order valence-corrected chi connectivity index (χ1v) is 5.67. The van der Waals surface area contributed by atoms with Crippen LogP contribution in [0.5, 0.6) is 0 Å². The van der Waals surface area contributed by atoms with Crippen LogP contribution in [-0.2, 0) is 9.53 Å². The normalized spacial score (nSPS) is 11.1. The second kappa shape index (κ2) is 6.45. The van der Waals surface area contributed by atoms with Crippen molar-refractivity contribution in [2.75, 3.05) is 12.3 Å². The topological polar surface area (TPSA) is 76.1 Å². The first-order chi connectivity index (χ1) is 8.52. The summed E-state index contributed by atoms with van der Waals surface area (Å²) in [7, 11) is 0. The molecule has 0 amide bonds. The average molecular weight is 244 g/mol. The van der Waals surface area contributed by atoms with Crippen LogP contribution in [0.1, 0.15) is 19.4 Å². The second-order valence-electron chi connectivity index (χ2n) is 4.33. The Morgan fingerprint density at radius 2 is 2.06 bits per heavy atom. The predicted molar refractivity (Wildman–Crippen MR) is 70.2 cm³/mol. The van der Waals surface area contributed by atoms with Crippen molar-refractivity contribution < 1.29 is 9.53 Å². The molecule has 94 valence electrons. The van der Waals surface area contributed by atoms with E-state index in [1.54, 1.807) is 24.3 Å². The Balaban J connectivity index is 2.80. The summed E-state index contributed by atoms with van der Waals surface area (Å²) in [6, 6.07) is 8.74. The van der Waals surface area contributed by atoms with Crippen molar-refractivity contribution in [2.45, 2.75) is 13.8 Å². The van der Waals surface area contributed by atoms with Gasteiger partial charge in [-0.3, -0.25) is 0 Å². The molecule has 18 heavy (non-hydrogen) atoms. The lowest BCUT2D eigenvalue weighted by Gasteiger charge is -2.06. The molecule has 2 N–H and O–H groups in total. The minimum atomic E-state index is -0.594. The molecule has 0 aliphatic heterocycles. The number of nitrogens with two attached hydrogens (primary N) is 1. The van der Waals surface area contributed by atoms with E-state index in [1.165, 1.54) is 6.08 Å². The maximum Gasteiger partial charge on any atom is 0.348 e. The summed E-state index contributed by atoms with van der Waals surface area (Å²) >= 11 is 0. The number of carbonyl (C=O) groups is 1. The van der Waals surface area contributed by atoms with E-state index in [4.69, 9.17) is 15.7 Å². The van der Waals surface area contributed by atoms with Crippen LogP contribution in [0.3, 0.4) is 0 Å². The lowest BCUT2D eigenvalue weighted by atomic mass is 10.1. The van der Waals surface area contributed by atoms with Gasteiger partial charge >= 0.3 is 5.97 Å². The highest BCUT2D eigenvalue weighted by molar-refractivity contribution is 5.97. The Morgan fingerprint density at radius 3 is 2.56 bits per heavy atom. The van der Waals surface area contributed by atoms with Crippen LogP contribution >= 0.6 is 0 Å². The summed E-state index contributed by atoms with van der Waals surface area (Å²) in [5.74, 6) is -0.353. The van der Waals surface area contributed by atoms with Crippen molar-refractivity contribution in [1.82, 2.24) is 0 Å². The Kier molecular flexibility index (Phi) is 4.94. The molecular formula is C14H16N2O2. The van der Waals surface area contributed by atoms with Crippen LogP contribution in [-0.4, -0.2) is 12.6 Å². The highest BCUT2D eigenvalue weighted by atomic mass is 16.5. The SMILES string of the molecule is CC(C)COC(=O)/C(C#N)=C/c1ccc(N)cc1. The molecule has 0 saturated carbocycles. The zero-order valence-electron chi connectivity index (χ0n) is 10.5. The lowest BCUT2D eigenvalue weighted by molar-refractivity contribution is -0.139. The Hall–Kier alpha value is -2.28. The predicted octanol–water partition coefficient (Wildman–Crippen LogP) is 2.37. The third-order valence-corrected chi connectivity index (χ3v) is 2.14. The van der Waals surface area contributed by atoms with E-state index in [1.807, 2.05) is 19.9 Å². The van der Waals surface area contributed by atoms with Gasteiger partial charge in [0.05, 0.1) is 6.61 Å². The van der Waals surface area contributed by atoms with Gasteiger partial charge in [-0.25, -0.2) is 4.79 Å². The molecule has 0 heterocycles. The number of anilines is 1. The van der Waals surface area contributed by atoms with Crippen molar-refractivity contribution in [3.63, 3.8) is 0 Å². The van der Waals surface area contributed by atoms with Crippen LogP contribution in [0.15, 0.2) is 29.8 Å². The van der Waals surface area contributed by atoms with Crippen molar-refractivity contribution in [3.05, 3.63) is 35.4 Å². The summed E-state index contributed by atoms with van der Waals surface area (Å²) in [5.41, 5.74) is 6.91. The van der Waals surface area contributed by atoms with Crippen LogP contribution in [0.25, 0.3) is 6.08 Å². The van der Waals surface area contributed by atoms with E-state index in [0.29, 0.717) is 12.3 Å². The molecule has 0 bridgehead atoms. The van der Waals surface area contributed by atoms with E-state index in [-0.39, 0.29) is 11.5 Å². The molecule has 0 fully saturated rings. The fourth-order valence-electron chi connectivity index (χ4n) is 1.22. The van der Waals surface area contributed by atoms with Crippen molar-refractivity contribution in [1.29, 1.82) is 5.26 Å². The van der Waals surface area contributed by atoms with E-state index < -0.39 is 5.97 Å². The minimum absolute atomic E-state index is 0.0135. The number of nitriles is 1. The monoisotopic (exact) mass is 244 g/mol. The minimum Gasteiger partial charge on any atom is -0.461 e. The first kappa shape index (κ1) is 13.8. The fraction of sp³-hybridized carbons (Fsp3) is 0.286. The number of hydrogen-bond donors (Lipinski definition) is 1. The maximum atomic E-state index is 11.6. The van der Waals surface area contributed by atoms with Gasteiger partial charge in [-0.05, 0) is 29.7 Å². The molecule has 0 spiro atoms. The smallest absolute Gasteiger partial charge is 0.348 e. The highest BCUT2D eigenvalue weighted by Gasteiger charge is 2.11. The number of rotatable bonds is 4. The summed E-state index contributed by atoms with van der Waals surface area (Å²) in [6.45, 7) is 4.17.